The van der Waals surface area contributed by atoms with Crippen LogP contribution in [0.2, 0.25) is 0 Å². The van der Waals surface area contributed by atoms with Gasteiger partial charge in [0.25, 0.3) is 0 Å². The Hall–Kier alpha value is -3.40. The van der Waals surface area contributed by atoms with Crippen molar-refractivity contribution in [2.45, 2.75) is 19.1 Å². The van der Waals surface area contributed by atoms with Crippen molar-refractivity contribution in [3.05, 3.63) is 54.6 Å². The Morgan fingerprint density at radius 3 is 2.31 bits per heavy atom. The molecule has 2 aromatic carbocycles. The largest absolute Gasteiger partial charge is 0.497 e. The molecule has 1 aromatic heterocycles. The summed E-state index contributed by atoms with van der Waals surface area (Å²) in [5.41, 5.74) is 3.26. The van der Waals surface area contributed by atoms with Gasteiger partial charge in [-0.15, -0.1) is 0 Å². The average molecular weight is 444 g/mol. The van der Waals surface area contributed by atoms with Crippen molar-refractivity contribution in [3.63, 3.8) is 0 Å². The predicted octanol–water partition coefficient (Wildman–Crippen LogP) is 1.81. The van der Waals surface area contributed by atoms with Crippen molar-refractivity contribution in [1.29, 1.82) is 0 Å². The highest BCUT2D eigenvalue weighted by molar-refractivity contribution is 6.27. The van der Waals surface area contributed by atoms with Crippen LogP contribution < -0.4 is 10.1 Å². The average Bonchev–Trinajstić information content (AvgIpc) is 3.15. The molecule has 32 heavy (non-hydrogen) atoms. The van der Waals surface area contributed by atoms with Crippen LogP contribution in [-0.2, 0) is 16.1 Å². The molecule has 1 atom stereocenters. The predicted molar refractivity (Wildman–Crippen MR) is 120 cm³/mol. The van der Waals surface area contributed by atoms with E-state index >= 15 is 0 Å². The summed E-state index contributed by atoms with van der Waals surface area (Å²) in [4.78, 5) is 18.2. The second kappa shape index (κ2) is 12.5. The lowest BCUT2D eigenvalue weighted by atomic mass is 10.1. The number of hydrogen-bond acceptors (Lipinski definition) is 6. The molecule has 3 aromatic rings. The summed E-state index contributed by atoms with van der Waals surface area (Å²) in [5, 5.41) is 38.4. The fraction of sp³-hybridized carbons (Fsp3) is 0.304. The fourth-order valence-corrected chi connectivity index (χ4v) is 3.16. The molecule has 0 fully saturated rings. The van der Waals surface area contributed by atoms with Gasteiger partial charge in [-0.1, -0.05) is 18.2 Å². The SMILES string of the molecule is COc1ccc(-c2cc3ccccc3n2CC(O)CNCCCO)cc1.O=C(O)C(=O)O. The summed E-state index contributed by atoms with van der Waals surface area (Å²) in [6, 6.07) is 18.3. The van der Waals surface area contributed by atoms with Crippen molar-refractivity contribution in [2.24, 2.45) is 0 Å². The van der Waals surface area contributed by atoms with Crippen molar-refractivity contribution in [2.75, 3.05) is 26.8 Å². The van der Waals surface area contributed by atoms with Crippen molar-refractivity contribution >= 4 is 22.8 Å². The maximum absolute atomic E-state index is 10.5. The lowest BCUT2D eigenvalue weighted by Crippen LogP contribution is -2.31. The number of para-hydroxylation sites is 1. The van der Waals surface area contributed by atoms with Gasteiger partial charge in [-0.2, -0.15) is 0 Å². The van der Waals surface area contributed by atoms with Gasteiger partial charge in [0.05, 0.1) is 19.8 Å². The minimum Gasteiger partial charge on any atom is -0.497 e. The number of carbonyl (C=O) groups is 2. The van der Waals surface area contributed by atoms with Gasteiger partial charge in [-0.05, 0) is 54.9 Å². The molecular weight excluding hydrogens is 416 g/mol. The first-order valence-corrected chi connectivity index (χ1v) is 10.1. The van der Waals surface area contributed by atoms with Gasteiger partial charge in [0.2, 0.25) is 0 Å². The number of carboxylic acids is 2. The molecule has 9 nitrogen and oxygen atoms in total. The second-order valence-corrected chi connectivity index (χ2v) is 6.97. The highest BCUT2D eigenvalue weighted by Crippen LogP contribution is 2.29. The zero-order valence-electron chi connectivity index (χ0n) is 17.8. The van der Waals surface area contributed by atoms with Gasteiger partial charge in [0.15, 0.2) is 0 Å². The van der Waals surface area contributed by atoms with E-state index in [4.69, 9.17) is 29.6 Å². The Bertz CT molecular complexity index is 1000. The van der Waals surface area contributed by atoms with Crippen LogP contribution in [-0.4, -0.2) is 69.8 Å². The van der Waals surface area contributed by atoms with E-state index in [0.29, 0.717) is 26.1 Å². The Labute approximate surface area is 185 Å². The number of benzene rings is 2. The standard InChI is InChI=1S/C21H26N2O3.C2H2O4/c1-26-19-9-7-16(8-10-19)21-13-17-5-2-3-6-20(17)23(21)15-18(25)14-22-11-4-12-24;3-1(4)2(5)6/h2-3,5-10,13,18,22,24-25H,4,11-12,14-15H2,1H3;(H,3,4)(H,5,6). The highest BCUT2D eigenvalue weighted by Gasteiger charge is 2.14. The third-order valence-electron chi connectivity index (χ3n) is 4.66. The number of ether oxygens (including phenoxy) is 1. The third kappa shape index (κ3) is 7.09. The molecule has 0 saturated carbocycles. The minimum absolute atomic E-state index is 0.160. The van der Waals surface area contributed by atoms with Gasteiger partial charge in [-0.25, -0.2) is 9.59 Å². The highest BCUT2D eigenvalue weighted by atomic mass is 16.5. The van der Waals surface area contributed by atoms with Crippen molar-refractivity contribution < 1.29 is 34.8 Å². The molecule has 0 saturated heterocycles. The molecule has 0 aliphatic carbocycles. The number of nitrogens with zero attached hydrogens (tertiary/aromatic N) is 1. The van der Waals surface area contributed by atoms with Gasteiger partial charge in [-0.3, -0.25) is 0 Å². The van der Waals surface area contributed by atoms with E-state index in [2.05, 4.69) is 28.1 Å². The summed E-state index contributed by atoms with van der Waals surface area (Å²) in [6.45, 7) is 1.85. The number of aliphatic hydroxyl groups excluding tert-OH is 2. The monoisotopic (exact) mass is 444 g/mol. The summed E-state index contributed by atoms with van der Waals surface area (Å²) >= 11 is 0. The van der Waals surface area contributed by atoms with E-state index in [0.717, 1.165) is 27.9 Å². The maximum atomic E-state index is 10.5. The number of methoxy groups -OCH3 is 1. The van der Waals surface area contributed by atoms with E-state index in [1.165, 1.54) is 0 Å². The van der Waals surface area contributed by atoms with E-state index in [-0.39, 0.29) is 6.61 Å². The normalized spacial score (nSPS) is 11.5. The quantitative estimate of drug-likeness (QED) is 0.249. The first-order valence-electron chi connectivity index (χ1n) is 10.1. The van der Waals surface area contributed by atoms with E-state index in [1.54, 1.807) is 7.11 Å². The van der Waals surface area contributed by atoms with Crippen LogP contribution in [0.15, 0.2) is 54.6 Å². The Morgan fingerprint density at radius 2 is 1.72 bits per heavy atom. The van der Waals surface area contributed by atoms with Crippen LogP contribution in [0.25, 0.3) is 22.2 Å². The second-order valence-electron chi connectivity index (χ2n) is 6.97. The van der Waals surface area contributed by atoms with Crippen LogP contribution >= 0.6 is 0 Å². The molecule has 3 rings (SSSR count). The molecule has 0 radical (unpaired) electrons. The molecule has 0 spiro atoms. The van der Waals surface area contributed by atoms with Gasteiger partial charge >= 0.3 is 11.9 Å². The number of aromatic nitrogens is 1. The zero-order valence-corrected chi connectivity index (χ0v) is 17.8. The van der Waals surface area contributed by atoms with Crippen molar-refractivity contribution in [3.8, 4) is 17.0 Å². The zero-order chi connectivity index (χ0) is 23.5. The minimum atomic E-state index is -1.82. The maximum Gasteiger partial charge on any atom is 0.414 e. The summed E-state index contributed by atoms with van der Waals surface area (Å²) < 4.78 is 7.41. The molecule has 5 N–H and O–H groups in total. The molecule has 0 amide bonds. The number of hydrogen-bond donors (Lipinski definition) is 5. The summed E-state index contributed by atoms with van der Waals surface area (Å²) in [6.07, 6.45) is 0.178. The third-order valence-corrected chi connectivity index (χ3v) is 4.66. The fourth-order valence-electron chi connectivity index (χ4n) is 3.16. The lowest BCUT2D eigenvalue weighted by Gasteiger charge is -2.17. The topological polar surface area (TPSA) is 141 Å². The Kier molecular flexibility index (Phi) is 9.68. The van der Waals surface area contributed by atoms with E-state index < -0.39 is 18.0 Å². The van der Waals surface area contributed by atoms with Crippen molar-refractivity contribution in [1.82, 2.24) is 9.88 Å². The molecule has 1 heterocycles. The van der Waals surface area contributed by atoms with Gasteiger partial charge < -0.3 is 35.0 Å². The van der Waals surface area contributed by atoms with Crippen LogP contribution in [0.5, 0.6) is 5.75 Å². The van der Waals surface area contributed by atoms with Crippen LogP contribution in [0.3, 0.4) is 0 Å². The van der Waals surface area contributed by atoms with Crippen LogP contribution in [0.1, 0.15) is 6.42 Å². The lowest BCUT2D eigenvalue weighted by molar-refractivity contribution is -0.159. The van der Waals surface area contributed by atoms with E-state index in [1.807, 2.05) is 36.4 Å². The number of rotatable bonds is 9. The number of fused-ring (bicyclic) bond motifs is 1. The first kappa shape index (κ1) is 24.9. The first-order chi connectivity index (χ1) is 15.4. The molecular formula is C23H28N2O7. The van der Waals surface area contributed by atoms with Gasteiger partial charge in [0, 0.05) is 29.7 Å². The number of carboxylic acid groups (broad SMARTS) is 2. The smallest absolute Gasteiger partial charge is 0.414 e. The summed E-state index contributed by atoms with van der Waals surface area (Å²) in [5.74, 6) is -2.82. The Morgan fingerprint density at radius 1 is 1.06 bits per heavy atom. The Balaban J connectivity index is 0.000000534. The van der Waals surface area contributed by atoms with E-state index in [9.17, 15) is 5.11 Å². The molecule has 0 bridgehead atoms. The van der Waals surface area contributed by atoms with Gasteiger partial charge in [0.1, 0.15) is 5.75 Å². The molecule has 0 aliphatic rings. The van der Waals surface area contributed by atoms with Crippen LogP contribution in [0.4, 0.5) is 0 Å². The molecule has 9 heteroatoms. The van der Waals surface area contributed by atoms with Crippen LogP contribution in [0, 0.1) is 0 Å². The number of nitrogens with one attached hydrogen (secondary N) is 1. The number of aliphatic carboxylic acids is 2. The summed E-state index contributed by atoms with van der Waals surface area (Å²) in [7, 11) is 1.66. The number of aliphatic hydroxyl groups is 2. The molecule has 0 aliphatic heterocycles. The molecule has 172 valence electrons. The molecule has 1 unspecified atom stereocenters.